The zero-order valence-corrected chi connectivity index (χ0v) is 21.4. The second-order valence-electron chi connectivity index (χ2n) is 11.5. The molecule has 38 heavy (non-hydrogen) atoms. The fourth-order valence-corrected chi connectivity index (χ4v) is 7.26. The van der Waals surface area contributed by atoms with Crippen LogP contribution in [0.2, 0.25) is 0 Å². The quantitative estimate of drug-likeness (QED) is 0.322. The highest BCUT2D eigenvalue weighted by atomic mass is 16.2. The van der Waals surface area contributed by atoms with E-state index < -0.39 is 0 Å². The van der Waals surface area contributed by atoms with E-state index in [1.54, 1.807) is 18.3 Å². The van der Waals surface area contributed by atoms with Crippen molar-refractivity contribution in [1.82, 2.24) is 20.3 Å². The molecule has 4 bridgehead atoms. The van der Waals surface area contributed by atoms with E-state index in [0.717, 1.165) is 34.0 Å². The maximum absolute atomic E-state index is 13.2. The van der Waals surface area contributed by atoms with Crippen LogP contribution in [-0.2, 0) is 0 Å². The van der Waals surface area contributed by atoms with E-state index in [1.807, 2.05) is 49.4 Å². The number of H-pyrrole nitrogens is 1. The summed E-state index contributed by atoms with van der Waals surface area (Å²) in [6, 6.07) is 17.0. The van der Waals surface area contributed by atoms with Crippen LogP contribution in [0.1, 0.15) is 58.4 Å². The van der Waals surface area contributed by atoms with E-state index in [1.165, 1.54) is 32.1 Å². The van der Waals surface area contributed by atoms with Crippen LogP contribution in [-0.4, -0.2) is 32.8 Å². The third-order valence-corrected chi connectivity index (χ3v) is 8.85. The highest BCUT2D eigenvalue weighted by molar-refractivity contribution is 6.04. The van der Waals surface area contributed by atoms with Gasteiger partial charge in [-0.25, -0.2) is 9.97 Å². The smallest absolute Gasteiger partial charge is 0.256 e. The van der Waals surface area contributed by atoms with Crippen molar-refractivity contribution in [2.45, 2.75) is 45.1 Å². The van der Waals surface area contributed by atoms with E-state index in [-0.39, 0.29) is 11.8 Å². The van der Waals surface area contributed by atoms with Gasteiger partial charge in [-0.3, -0.25) is 9.59 Å². The first-order chi connectivity index (χ1) is 18.5. The summed E-state index contributed by atoms with van der Waals surface area (Å²) in [7, 11) is 0. The Morgan fingerprint density at radius 2 is 1.55 bits per heavy atom. The molecule has 2 amide bonds. The summed E-state index contributed by atoms with van der Waals surface area (Å²) in [5, 5.41) is 6.23. The molecule has 2 aromatic heterocycles. The Morgan fingerprint density at radius 1 is 0.842 bits per heavy atom. The molecule has 8 rings (SSSR count). The summed E-state index contributed by atoms with van der Waals surface area (Å²) in [4.78, 5) is 38.1. The Kier molecular flexibility index (Phi) is 5.53. The average molecular weight is 506 g/mol. The van der Waals surface area contributed by atoms with Gasteiger partial charge in [0.25, 0.3) is 11.8 Å². The molecular weight excluding hydrogens is 474 g/mol. The Balaban J connectivity index is 1.05. The van der Waals surface area contributed by atoms with Gasteiger partial charge in [0.1, 0.15) is 11.6 Å². The summed E-state index contributed by atoms with van der Waals surface area (Å²) < 4.78 is 0. The molecule has 4 aliphatic carbocycles. The van der Waals surface area contributed by atoms with Crippen molar-refractivity contribution < 1.29 is 9.59 Å². The van der Waals surface area contributed by atoms with Crippen LogP contribution in [0.15, 0.2) is 60.8 Å². The molecule has 0 saturated heterocycles. The molecule has 0 unspecified atom stereocenters. The van der Waals surface area contributed by atoms with Crippen LogP contribution < -0.4 is 10.6 Å². The number of anilines is 1. The normalized spacial score (nSPS) is 25.4. The molecule has 2 aromatic carbocycles. The molecule has 192 valence electrons. The summed E-state index contributed by atoms with van der Waals surface area (Å²) in [6.07, 6.45) is 8.21. The number of hydrogen-bond donors (Lipinski definition) is 3. The van der Waals surface area contributed by atoms with Gasteiger partial charge in [-0.2, -0.15) is 0 Å². The number of nitrogens with one attached hydrogen (secondary N) is 3. The second-order valence-corrected chi connectivity index (χ2v) is 11.5. The number of nitrogens with zero attached hydrogens (tertiary/aromatic N) is 2. The van der Waals surface area contributed by atoms with Crippen LogP contribution in [0.4, 0.5) is 5.82 Å². The minimum atomic E-state index is -0.214. The number of imidazole rings is 1. The predicted octanol–water partition coefficient (Wildman–Crippen LogP) is 5.74. The van der Waals surface area contributed by atoms with Crippen molar-refractivity contribution in [1.29, 1.82) is 0 Å². The Labute approximate surface area is 221 Å². The minimum absolute atomic E-state index is 0.0130. The van der Waals surface area contributed by atoms with Crippen molar-refractivity contribution in [3.05, 3.63) is 77.5 Å². The number of fused-ring (bicyclic) bond motifs is 1. The number of pyridine rings is 1. The van der Waals surface area contributed by atoms with Crippen molar-refractivity contribution in [3.63, 3.8) is 0 Å². The third kappa shape index (κ3) is 4.26. The summed E-state index contributed by atoms with van der Waals surface area (Å²) in [6.45, 7) is 1.96. The van der Waals surface area contributed by atoms with Crippen molar-refractivity contribution >= 4 is 28.7 Å². The van der Waals surface area contributed by atoms with Crippen molar-refractivity contribution in [3.8, 4) is 11.4 Å². The number of aromatic nitrogens is 3. The summed E-state index contributed by atoms with van der Waals surface area (Å²) in [5.74, 6) is 4.10. The first-order valence-electron chi connectivity index (χ1n) is 13.6. The van der Waals surface area contributed by atoms with Gasteiger partial charge < -0.3 is 15.6 Å². The van der Waals surface area contributed by atoms with E-state index in [4.69, 9.17) is 4.98 Å². The fraction of sp³-hybridized carbons (Fsp3) is 0.355. The molecule has 4 aromatic rings. The first-order valence-corrected chi connectivity index (χ1v) is 13.6. The monoisotopic (exact) mass is 505 g/mol. The highest BCUT2D eigenvalue weighted by Crippen LogP contribution is 2.53. The first kappa shape index (κ1) is 23.1. The fourth-order valence-electron chi connectivity index (χ4n) is 7.26. The van der Waals surface area contributed by atoms with Crippen LogP contribution >= 0.6 is 0 Å². The van der Waals surface area contributed by atoms with E-state index in [9.17, 15) is 9.59 Å². The Bertz CT molecular complexity index is 1510. The van der Waals surface area contributed by atoms with Gasteiger partial charge in [-0.15, -0.1) is 0 Å². The van der Waals surface area contributed by atoms with Gasteiger partial charge in [0.2, 0.25) is 0 Å². The lowest BCUT2D eigenvalue weighted by Crippen LogP contribution is -2.55. The largest absolute Gasteiger partial charge is 0.349 e. The molecule has 2 heterocycles. The summed E-state index contributed by atoms with van der Waals surface area (Å²) in [5.41, 5.74) is 4.73. The predicted molar refractivity (Wildman–Crippen MR) is 147 cm³/mol. The number of aromatic amines is 1. The number of carbonyl (C=O) groups is 2. The number of benzene rings is 2. The number of rotatable bonds is 5. The minimum Gasteiger partial charge on any atom is -0.349 e. The van der Waals surface area contributed by atoms with Gasteiger partial charge in [0, 0.05) is 28.9 Å². The Hall–Kier alpha value is -4.00. The maximum Gasteiger partial charge on any atom is 0.256 e. The number of aryl methyl sites for hydroxylation is 1. The van der Waals surface area contributed by atoms with Crippen LogP contribution in [0.5, 0.6) is 0 Å². The molecule has 4 saturated carbocycles. The highest BCUT2D eigenvalue weighted by Gasteiger charge is 2.48. The zero-order valence-electron chi connectivity index (χ0n) is 21.4. The molecule has 4 aliphatic rings. The Morgan fingerprint density at radius 3 is 2.26 bits per heavy atom. The molecule has 0 spiro atoms. The zero-order chi connectivity index (χ0) is 25.8. The molecule has 0 aliphatic heterocycles. The molecular formula is C31H31N5O2. The lowest BCUT2D eigenvalue weighted by atomic mass is 9.54. The summed E-state index contributed by atoms with van der Waals surface area (Å²) >= 11 is 0. The molecule has 0 radical (unpaired) electrons. The number of amides is 2. The van der Waals surface area contributed by atoms with Crippen LogP contribution in [0.3, 0.4) is 0 Å². The van der Waals surface area contributed by atoms with E-state index in [2.05, 4.69) is 20.6 Å². The lowest BCUT2D eigenvalue weighted by molar-refractivity contribution is -0.0119. The van der Waals surface area contributed by atoms with E-state index >= 15 is 0 Å². The van der Waals surface area contributed by atoms with Gasteiger partial charge in [-0.1, -0.05) is 12.1 Å². The second kappa shape index (κ2) is 9.08. The molecule has 3 N–H and O–H groups in total. The average Bonchev–Trinajstić information content (AvgIpc) is 3.34. The standard InChI is InChI=1S/C31H31N5O2/c1-17-8-9-32-27(10-17)35-30(37)21-4-2-20(3-5-21)29-33-25-7-6-22(16-26(25)34-29)31(38)36-28-23-12-18-11-19(14-23)15-24(28)13-18/h2-10,16,18-19,23-24,28H,11-15H2,1H3,(H,33,34)(H,36,38)(H,32,35,37). The molecule has 7 heteroatoms. The molecule has 0 atom stereocenters. The topological polar surface area (TPSA) is 99.8 Å². The van der Waals surface area contributed by atoms with Gasteiger partial charge in [0.15, 0.2) is 0 Å². The van der Waals surface area contributed by atoms with Crippen LogP contribution in [0, 0.1) is 30.6 Å². The van der Waals surface area contributed by atoms with Crippen LogP contribution in [0.25, 0.3) is 22.4 Å². The maximum atomic E-state index is 13.2. The number of hydrogen-bond acceptors (Lipinski definition) is 4. The number of carbonyl (C=O) groups excluding carboxylic acids is 2. The molecule has 7 nitrogen and oxygen atoms in total. The van der Waals surface area contributed by atoms with Crippen molar-refractivity contribution in [2.75, 3.05) is 5.32 Å². The van der Waals surface area contributed by atoms with Gasteiger partial charge in [-0.05, 0) is 111 Å². The van der Waals surface area contributed by atoms with Gasteiger partial charge >= 0.3 is 0 Å². The lowest BCUT2D eigenvalue weighted by Gasteiger charge is -2.54. The third-order valence-electron chi connectivity index (χ3n) is 8.85. The molecule has 4 fully saturated rings. The SMILES string of the molecule is Cc1ccnc(NC(=O)c2ccc(-c3nc4ccc(C(=O)NC5C6CC7CC(C6)CC5C7)cc4[nH]3)cc2)c1. The van der Waals surface area contributed by atoms with E-state index in [0.29, 0.717) is 40.6 Å². The van der Waals surface area contributed by atoms with Crippen molar-refractivity contribution in [2.24, 2.45) is 23.7 Å². The van der Waals surface area contributed by atoms with Gasteiger partial charge in [0.05, 0.1) is 11.0 Å².